The first-order chi connectivity index (χ1) is 8.40. The van der Waals surface area contributed by atoms with Crippen LogP contribution in [0.25, 0.3) is 0 Å². The fourth-order valence-corrected chi connectivity index (χ4v) is 3.52. The summed E-state index contributed by atoms with van der Waals surface area (Å²) in [4.78, 5) is 0. The molecule has 2 rings (SSSR count). The normalized spacial score (nSPS) is 31.6. The van der Waals surface area contributed by atoms with Crippen molar-refractivity contribution in [2.24, 2.45) is 17.6 Å². The van der Waals surface area contributed by atoms with Crippen LogP contribution in [0.2, 0.25) is 0 Å². The first-order valence-electron chi connectivity index (χ1n) is 7.72. The van der Waals surface area contributed by atoms with Crippen LogP contribution < -0.4 is 5.73 Å². The fraction of sp³-hybridized carbons (Fsp3) is 1.00. The Bertz CT molecular complexity index is 201. The maximum Gasteiger partial charge on any atom is 0.0615 e. The Kier molecular flexibility index (Phi) is 5.79. The molecule has 2 aliphatic carbocycles. The third kappa shape index (κ3) is 4.26. The summed E-state index contributed by atoms with van der Waals surface area (Å²) >= 11 is 0. The lowest BCUT2D eigenvalue weighted by atomic mass is 9.86. The van der Waals surface area contributed by atoms with Gasteiger partial charge in [0.25, 0.3) is 0 Å². The maximum atomic E-state index is 6.11. The van der Waals surface area contributed by atoms with Gasteiger partial charge in [-0.3, -0.25) is 0 Å². The minimum atomic E-state index is 0.470. The van der Waals surface area contributed by atoms with E-state index in [0.29, 0.717) is 12.0 Å². The second kappa shape index (κ2) is 7.38. The van der Waals surface area contributed by atoms with Crippen LogP contribution in [0.15, 0.2) is 0 Å². The van der Waals surface area contributed by atoms with Gasteiger partial charge in [0.2, 0.25) is 0 Å². The van der Waals surface area contributed by atoms with Crippen molar-refractivity contribution in [2.45, 2.75) is 70.3 Å². The van der Waals surface area contributed by atoms with Crippen LogP contribution in [0.1, 0.15) is 64.2 Å². The van der Waals surface area contributed by atoms with Crippen LogP contribution in [-0.2, 0) is 4.74 Å². The van der Waals surface area contributed by atoms with Gasteiger partial charge in [0.1, 0.15) is 0 Å². The molecule has 2 aliphatic rings. The highest BCUT2D eigenvalue weighted by Crippen LogP contribution is 2.29. The zero-order chi connectivity index (χ0) is 11.9. The van der Waals surface area contributed by atoms with Crippen LogP contribution in [0, 0.1) is 11.8 Å². The molecule has 0 radical (unpaired) electrons. The minimum Gasteiger partial charge on any atom is -0.378 e. The summed E-state index contributed by atoms with van der Waals surface area (Å²) in [6.07, 6.45) is 14.2. The zero-order valence-corrected chi connectivity index (χ0v) is 11.2. The third-order valence-corrected chi connectivity index (χ3v) is 4.72. The molecule has 0 aromatic carbocycles. The molecule has 2 saturated carbocycles. The SMILES string of the molecule is NCC1CCCCC1OCCC1CCCCC1. The van der Waals surface area contributed by atoms with Gasteiger partial charge in [0.15, 0.2) is 0 Å². The predicted molar refractivity (Wildman–Crippen MR) is 71.9 cm³/mol. The van der Waals surface area contributed by atoms with Gasteiger partial charge in [0, 0.05) is 6.61 Å². The predicted octanol–water partition coefficient (Wildman–Crippen LogP) is 3.49. The van der Waals surface area contributed by atoms with E-state index in [4.69, 9.17) is 10.5 Å². The molecule has 0 spiro atoms. The molecule has 2 heteroatoms. The molecule has 2 nitrogen and oxygen atoms in total. The first kappa shape index (κ1) is 13.4. The fourth-order valence-electron chi connectivity index (χ4n) is 3.52. The molecule has 0 aromatic rings. The summed E-state index contributed by atoms with van der Waals surface area (Å²) in [5.74, 6) is 1.58. The van der Waals surface area contributed by atoms with E-state index in [1.54, 1.807) is 0 Å². The van der Waals surface area contributed by atoms with Crippen molar-refractivity contribution in [3.8, 4) is 0 Å². The van der Waals surface area contributed by atoms with Crippen molar-refractivity contribution >= 4 is 0 Å². The molecule has 0 heterocycles. The second-order valence-corrected chi connectivity index (χ2v) is 5.98. The molecule has 17 heavy (non-hydrogen) atoms. The van der Waals surface area contributed by atoms with Crippen molar-refractivity contribution < 1.29 is 4.74 Å². The second-order valence-electron chi connectivity index (χ2n) is 5.98. The van der Waals surface area contributed by atoms with Gasteiger partial charge in [-0.25, -0.2) is 0 Å². The zero-order valence-electron chi connectivity index (χ0n) is 11.2. The van der Waals surface area contributed by atoms with Crippen molar-refractivity contribution in [2.75, 3.05) is 13.2 Å². The van der Waals surface area contributed by atoms with Crippen molar-refractivity contribution in [3.05, 3.63) is 0 Å². The number of rotatable bonds is 5. The molecule has 2 atom stereocenters. The van der Waals surface area contributed by atoms with E-state index in [0.717, 1.165) is 19.1 Å². The molecule has 0 amide bonds. The average Bonchev–Trinajstić information content (AvgIpc) is 2.40. The van der Waals surface area contributed by atoms with Crippen LogP contribution in [0.4, 0.5) is 0 Å². The molecule has 2 fully saturated rings. The van der Waals surface area contributed by atoms with Crippen molar-refractivity contribution in [3.63, 3.8) is 0 Å². The van der Waals surface area contributed by atoms with Gasteiger partial charge in [-0.05, 0) is 37.6 Å². The smallest absolute Gasteiger partial charge is 0.0615 e. The lowest BCUT2D eigenvalue weighted by Gasteiger charge is -2.31. The minimum absolute atomic E-state index is 0.470. The summed E-state index contributed by atoms with van der Waals surface area (Å²) in [6, 6.07) is 0. The monoisotopic (exact) mass is 239 g/mol. The standard InChI is InChI=1S/C15H29NO/c16-12-14-8-4-5-9-15(14)17-11-10-13-6-2-1-3-7-13/h13-15H,1-12,16H2. The van der Waals surface area contributed by atoms with E-state index < -0.39 is 0 Å². The molecule has 2 N–H and O–H groups in total. The Labute approximate surface area is 106 Å². The van der Waals surface area contributed by atoms with E-state index in [2.05, 4.69) is 0 Å². The van der Waals surface area contributed by atoms with Gasteiger partial charge < -0.3 is 10.5 Å². The maximum absolute atomic E-state index is 6.11. The largest absolute Gasteiger partial charge is 0.378 e. The van der Waals surface area contributed by atoms with Gasteiger partial charge in [-0.2, -0.15) is 0 Å². The molecule has 0 aromatic heterocycles. The summed E-state index contributed by atoms with van der Waals surface area (Å²) < 4.78 is 6.11. The van der Waals surface area contributed by atoms with Gasteiger partial charge in [-0.1, -0.05) is 44.9 Å². The number of hydrogen-bond acceptors (Lipinski definition) is 2. The van der Waals surface area contributed by atoms with E-state index in [-0.39, 0.29) is 0 Å². The molecular formula is C15H29NO. The van der Waals surface area contributed by atoms with E-state index in [1.807, 2.05) is 0 Å². The number of ether oxygens (including phenoxy) is 1. The highest BCUT2D eigenvalue weighted by Gasteiger charge is 2.24. The number of nitrogens with two attached hydrogens (primary N) is 1. The van der Waals surface area contributed by atoms with Crippen LogP contribution in [0.3, 0.4) is 0 Å². The van der Waals surface area contributed by atoms with Crippen molar-refractivity contribution in [1.82, 2.24) is 0 Å². The summed E-state index contributed by atoms with van der Waals surface area (Å²) in [5.41, 5.74) is 5.83. The molecule has 2 unspecified atom stereocenters. The Morgan fingerprint density at radius 1 is 0.882 bits per heavy atom. The molecular weight excluding hydrogens is 210 g/mol. The summed E-state index contributed by atoms with van der Waals surface area (Å²) in [5, 5.41) is 0. The van der Waals surface area contributed by atoms with E-state index >= 15 is 0 Å². The Morgan fingerprint density at radius 2 is 1.59 bits per heavy atom. The lowest BCUT2D eigenvalue weighted by Crippen LogP contribution is -2.33. The summed E-state index contributed by atoms with van der Waals surface area (Å²) in [6.45, 7) is 1.79. The van der Waals surface area contributed by atoms with Crippen LogP contribution >= 0.6 is 0 Å². The Hall–Kier alpha value is -0.0800. The topological polar surface area (TPSA) is 35.2 Å². The van der Waals surface area contributed by atoms with E-state index in [9.17, 15) is 0 Å². The highest BCUT2D eigenvalue weighted by atomic mass is 16.5. The third-order valence-electron chi connectivity index (χ3n) is 4.72. The molecule has 0 aliphatic heterocycles. The first-order valence-corrected chi connectivity index (χ1v) is 7.72. The van der Waals surface area contributed by atoms with Gasteiger partial charge >= 0.3 is 0 Å². The molecule has 100 valence electrons. The number of hydrogen-bond donors (Lipinski definition) is 1. The summed E-state index contributed by atoms with van der Waals surface area (Å²) in [7, 11) is 0. The van der Waals surface area contributed by atoms with Crippen LogP contribution in [-0.4, -0.2) is 19.3 Å². The Balaban J connectivity index is 1.62. The van der Waals surface area contributed by atoms with Crippen LogP contribution in [0.5, 0.6) is 0 Å². The average molecular weight is 239 g/mol. The highest BCUT2D eigenvalue weighted by molar-refractivity contribution is 4.77. The van der Waals surface area contributed by atoms with Gasteiger partial charge in [-0.15, -0.1) is 0 Å². The van der Waals surface area contributed by atoms with Gasteiger partial charge in [0.05, 0.1) is 6.10 Å². The Morgan fingerprint density at radius 3 is 2.35 bits per heavy atom. The molecule has 0 bridgehead atoms. The van der Waals surface area contributed by atoms with Crippen molar-refractivity contribution in [1.29, 1.82) is 0 Å². The quantitative estimate of drug-likeness (QED) is 0.797. The molecule has 0 saturated heterocycles. The lowest BCUT2D eigenvalue weighted by molar-refractivity contribution is -0.0147. The van der Waals surface area contributed by atoms with E-state index in [1.165, 1.54) is 64.2 Å².